The Kier molecular flexibility index (Phi) is 6.29. The second kappa shape index (κ2) is 8.43. The van der Waals surface area contributed by atoms with Gasteiger partial charge in [0.1, 0.15) is 6.04 Å². The summed E-state index contributed by atoms with van der Waals surface area (Å²) in [7, 11) is 0. The number of aryl methyl sites for hydroxylation is 1. The number of nitrogens with one attached hydrogen (secondary N) is 2. The van der Waals surface area contributed by atoms with Crippen molar-refractivity contribution in [2.45, 2.75) is 37.9 Å². The zero-order chi connectivity index (χ0) is 19.3. The average molecular weight is 363 g/mol. The van der Waals surface area contributed by atoms with Crippen LogP contribution in [0.4, 0.5) is 4.79 Å². The van der Waals surface area contributed by atoms with Gasteiger partial charge >= 0.3 is 18.0 Å². The molecule has 26 heavy (non-hydrogen) atoms. The van der Waals surface area contributed by atoms with Crippen molar-refractivity contribution < 1.29 is 29.4 Å². The lowest BCUT2D eigenvalue weighted by Gasteiger charge is -2.25. The van der Waals surface area contributed by atoms with E-state index in [0.29, 0.717) is 11.3 Å². The number of rotatable bonds is 8. The number of urea groups is 1. The van der Waals surface area contributed by atoms with Crippen LogP contribution >= 0.6 is 0 Å². The Hall–Kier alpha value is -2.94. The molecule has 1 aliphatic rings. The molecule has 1 fully saturated rings. The van der Waals surface area contributed by atoms with Crippen LogP contribution in [0.25, 0.3) is 0 Å². The summed E-state index contributed by atoms with van der Waals surface area (Å²) in [6, 6.07) is 5.17. The molecule has 0 bridgehead atoms. The molecule has 1 aliphatic heterocycles. The molecule has 0 aliphatic carbocycles. The molecule has 9 heteroatoms. The van der Waals surface area contributed by atoms with Crippen LogP contribution in [0.1, 0.15) is 18.9 Å². The van der Waals surface area contributed by atoms with Gasteiger partial charge in [-0.15, -0.1) is 0 Å². The van der Waals surface area contributed by atoms with Gasteiger partial charge in [0.25, 0.3) is 0 Å². The maximum Gasteiger partial charge on any atom is 0.328 e. The minimum absolute atomic E-state index is 0.178. The van der Waals surface area contributed by atoms with E-state index in [1.54, 1.807) is 0 Å². The van der Waals surface area contributed by atoms with Crippen LogP contribution in [0, 0.1) is 0 Å². The van der Waals surface area contributed by atoms with Crippen molar-refractivity contribution in [3.05, 3.63) is 35.9 Å². The fourth-order valence-corrected chi connectivity index (χ4v) is 2.77. The van der Waals surface area contributed by atoms with E-state index >= 15 is 0 Å². The predicted molar refractivity (Wildman–Crippen MR) is 90.5 cm³/mol. The fraction of sp³-hybridized carbons (Fsp3) is 0.412. The summed E-state index contributed by atoms with van der Waals surface area (Å²) in [4.78, 5) is 47.5. The van der Waals surface area contributed by atoms with E-state index in [9.17, 15) is 24.3 Å². The number of nitrogens with zero attached hydrogens (tertiary/aromatic N) is 1. The first kappa shape index (κ1) is 19.4. The highest BCUT2D eigenvalue weighted by molar-refractivity contribution is 6.02. The number of amides is 3. The van der Waals surface area contributed by atoms with Gasteiger partial charge in [-0.3, -0.25) is 14.9 Å². The van der Waals surface area contributed by atoms with Crippen molar-refractivity contribution in [1.82, 2.24) is 15.5 Å². The van der Waals surface area contributed by atoms with E-state index in [2.05, 4.69) is 10.6 Å². The Morgan fingerprint density at radius 2 is 1.92 bits per heavy atom. The van der Waals surface area contributed by atoms with Crippen molar-refractivity contribution in [3.63, 3.8) is 0 Å². The monoisotopic (exact) mass is 363 g/mol. The molecule has 0 unspecified atom stereocenters. The Bertz CT molecular complexity index is 693. The molecule has 0 radical (unpaired) electrons. The lowest BCUT2D eigenvalue weighted by molar-refractivity contribution is -0.147. The van der Waals surface area contributed by atoms with Crippen molar-refractivity contribution in [1.29, 1.82) is 0 Å². The average Bonchev–Trinajstić information content (AvgIpc) is 3.00. The molecular weight excluding hydrogens is 342 g/mol. The Labute approximate surface area is 150 Å². The summed E-state index contributed by atoms with van der Waals surface area (Å²) < 4.78 is 0. The van der Waals surface area contributed by atoms with Crippen LogP contribution < -0.4 is 10.6 Å². The second-order valence-corrected chi connectivity index (χ2v) is 6.05. The molecule has 1 heterocycles. The number of hydrogen-bond donors (Lipinski definition) is 4. The molecule has 0 aromatic heterocycles. The maximum absolute atomic E-state index is 12.4. The molecule has 1 saturated heterocycles. The van der Waals surface area contributed by atoms with Gasteiger partial charge in [-0.05, 0) is 25.3 Å². The summed E-state index contributed by atoms with van der Waals surface area (Å²) in [5, 5.41) is 23.5. The van der Waals surface area contributed by atoms with Gasteiger partial charge in [-0.2, -0.15) is 0 Å². The van der Waals surface area contributed by atoms with Crippen LogP contribution in [0.3, 0.4) is 0 Å². The number of carbonyl (C=O) groups is 4. The SMILES string of the molecule is C[C@H](N[C@H](CCc1ccccc1)C(=O)O)C(=O)N1C(=O)NC[C@H]1C(=O)O. The Morgan fingerprint density at radius 3 is 2.50 bits per heavy atom. The van der Waals surface area contributed by atoms with Gasteiger partial charge in [0.05, 0.1) is 12.6 Å². The van der Waals surface area contributed by atoms with Crippen LogP contribution in [-0.2, 0) is 20.8 Å². The third-order valence-electron chi connectivity index (χ3n) is 4.18. The van der Waals surface area contributed by atoms with E-state index < -0.39 is 42.0 Å². The number of aliphatic carboxylic acids is 2. The summed E-state index contributed by atoms with van der Waals surface area (Å²) in [6.07, 6.45) is 0.735. The van der Waals surface area contributed by atoms with Crippen molar-refractivity contribution >= 4 is 23.9 Å². The van der Waals surface area contributed by atoms with Gasteiger partial charge in [0, 0.05) is 0 Å². The summed E-state index contributed by atoms with van der Waals surface area (Å²) >= 11 is 0. The quantitative estimate of drug-likeness (QED) is 0.512. The third-order valence-corrected chi connectivity index (χ3v) is 4.18. The van der Waals surface area contributed by atoms with Gasteiger partial charge in [0.15, 0.2) is 6.04 Å². The minimum atomic E-state index is -1.30. The normalized spacial score (nSPS) is 18.9. The van der Waals surface area contributed by atoms with Gasteiger partial charge in [-0.1, -0.05) is 30.3 Å². The number of benzene rings is 1. The highest BCUT2D eigenvalue weighted by atomic mass is 16.4. The van der Waals surface area contributed by atoms with Crippen LogP contribution in [0.15, 0.2) is 30.3 Å². The fourth-order valence-electron chi connectivity index (χ4n) is 2.77. The lowest BCUT2D eigenvalue weighted by Crippen LogP contribution is -2.54. The van der Waals surface area contributed by atoms with E-state index in [-0.39, 0.29) is 13.0 Å². The van der Waals surface area contributed by atoms with E-state index in [4.69, 9.17) is 5.11 Å². The highest BCUT2D eigenvalue weighted by Gasteiger charge is 2.42. The largest absolute Gasteiger partial charge is 0.480 e. The number of carboxylic acids is 2. The first-order chi connectivity index (χ1) is 12.3. The van der Waals surface area contributed by atoms with Crippen LogP contribution in [-0.4, -0.2) is 63.7 Å². The molecule has 3 atom stereocenters. The molecule has 0 saturated carbocycles. The molecule has 4 N–H and O–H groups in total. The van der Waals surface area contributed by atoms with E-state index in [0.717, 1.165) is 5.56 Å². The molecular formula is C17H21N3O6. The summed E-state index contributed by atoms with van der Waals surface area (Å²) in [5.74, 6) is -3.21. The lowest BCUT2D eigenvalue weighted by atomic mass is 10.0. The van der Waals surface area contributed by atoms with Crippen molar-refractivity contribution in [2.24, 2.45) is 0 Å². The highest BCUT2D eigenvalue weighted by Crippen LogP contribution is 2.11. The Morgan fingerprint density at radius 1 is 1.27 bits per heavy atom. The number of carboxylic acid groups (broad SMARTS) is 2. The smallest absolute Gasteiger partial charge is 0.328 e. The maximum atomic E-state index is 12.4. The molecule has 3 amide bonds. The Balaban J connectivity index is 2.01. The van der Waals surface area contributed by atoms with E-state index in [1.807, 2.05) is 30.3 Å². The number of imide groups is 1. The molecule has 140 valence electrons. The standard InChI is InChI=1S/C17H21N3O6/c1-10(14(21)20-13(16(24)25)9-18-17(20)26)19-12(15(22)23)8-7-11-5-3-2-4-6-11/h2-6,10,12-13,19H,7-9H2,1H3,(H,18,26)(H,22,23)(H,24,25)/t10-,12+,13-/m0/s1. The van der Waals surface area contributed by atoms with E-state index in [1.165, 1.54) is 6.92 Å². The zero-order valence-electron chi connectivity index (χ0n) is 14.2. The zero-order valence-corrected chi connectivity index (χ0v) is 14.2. The first-order valence-electron chi connectivity index (χ1n) is 8.17. The second-order valence-electron chi connectivity index (χ2n) is 6.05. The molecule has 2 rings (SSSR count). The van der Waals surface area contributed by atoms with Crippen molar-refractivity contribution in [2.75, 3.05) is 6.54 Å². The summed E-state index contributed by atoms with van der Waals surface area (Å²) in [6.45, 7) is 1.23. The number of hydrogen-bond acceptors (Lipinski definition) is 5. The molecule has 1 aromatic rings. The molecule has 0 spiro atoms. The predicted octanol–water partition coefficient (Wildman–Crippen LogP) is 0.0555. The van der Waals surface area contributed by atoms with Gasteiger partial charge in [-0.25, -0.2) is 14.5 Å². The summed E-state index contributed by atoms with van der Waals surface area (Å²) in [5.41, 5.74) is 0.962. The molecule has 1 aromatic carbocycles. The minimum Gasteiger partial charge on any atom is -0.480 e. The third kappa shape index (κ3) is 4.57. The number of carbonyl (C=O) groups excluding carboxylic acids is 2. The topological polar surface area (TPSA) is 136 Å². The first-order valence-corrected chi connectivity index (χ1v) is 8.17. The molecule has 9 nitrogen and oxygen atoms in total. The van der Waals surface area contributed by atoms with Crippen LogP contribution in [0.5, 0.6) is 0 Å². The van der Waals surface area contributed by atoms with Crippen molar-refractivity contribution in [3.8, 4) is 0 Å². The van der Waals surface area contributed by atoms with Crippen LogP contribution in [0.2, 0.25) is 0 Å². The van der Waals surface area contributed by atoms with Gasteiger partial charge < -0.3 is 15.5 Å². The van der Waals surface area contributed by atoms with Gasteiger partial charge in [0.2, 0.25) is 5.91 Å².